The van der Waals surface area contributed by atoms with Crippen LogP contribution in [0.15, 0.2) is 30.3 Å². The molecule has 0 radical (unpaired) electrons. The van der Waals surface area contributed by atoms with Crippen LogP contribution in [0.5, 0.6) is 0 Å². The number of nitrogens with one attached hydrogen (secondary N) is 1. The predicted molar refractivity (Wildman–Crippen MR) is 76.1 cm³/mol. The predicted octanol–water partition coefficient (Wildman–Crippen LogP) is 0.515. The molecular weight excluding hydrogens is 252 g/mol. The van der Waals surface area contributed by atoms with E-state index in [1.165, 1.54) is 5.56 Å². The highest BCUT2D eigenvalue weighted by Crippen LogP contribution is 2.10. The lowest BCUT2D eigenvalue weighted by Gasteiger charge is -2.37. The van der Waals surface area contributed by atoms with Crippen molar-refractivity contribution in [3.8, 4) is 0 Å². The first kappa shape index (κ1) is 13.2. The Bertz CT molecular complexity index is 534. The van der Waals surface area contributed by atoms with Crippen LogP contribution >= 0.6 is 0 Å². The van der Waals surface area contributed by atoms with Gasteiger partial charge in [-0.1, -0.05) is 37.3 Å². The second kappa shape index (κ2) is 6.11. The molecule has 1 aromatic heterocycles. The van der Waals surface area contributed by atoms with Gasteiger partial charge < -0.3 is 5.32 Å². The van der Waals surface area contributed by atoms with Crippen molar-refractivity contribution in [1.82, 2.24) is 30.4 Å². The molecular formula is C14H20N6. The molecule has 0 aliphatic carbocycles. The van der Waals surface area contributed by atoms with Crippen LogP contribution < -0.4 is 5.32 Å². The van der Waals surface area contributed by atoms with Gasteiger partial charge in [0.25, 0.3) is 0 Å². The van der Waals surface area contributed by atoms with Gasteiger partial charge >= 0.3 is 0 Å². The van der Waals surface area contributed by atoms with Crippen molar-refractivity contribution >= 4 is 0 Å². The van der Waals surface area contributed by atoms with Crippen molar-refractivity contribution in [1.29, 1.82) is 0 Å². The molecule has 1 saturated heterocycles. The molecule has 3 rings (SSSR count). The van der Waals surface area contributed by atoms with E-state index in [9.17, 15) is 0 Å². The molecule has 1 aliphatic rings. The van der Waals surface area contributed by atoms with Gasteiger partial charge in [0, 0.05) is 19.1 Å². The number of likely N-dealkylation sites (N-methyl/N-ethyl adjacent to an activating group) is 1. The molecule has 6 heteroatoms. The van der Waals surface area contributed by atoms with E-state index in [0.717, 1.165) is 38.5 Å². The molecule has 0 saturated carbocycles. The molecule has 106 valence electrons. The SMILES string of the molecule is CCN(Cc1nnnn1Cc1ccccc1)C1CNC1. The second-order valence-corrected chi connectivity index (χ2v) is 5.11. The number of hydrogen-bond donors (Lipinski definition) is 1. The van der Waals surface area contributed by atoms with Gasteiger partial charge in [-0.3, -0.25) is 4.90 Å². The Morgan fingerprint density at radius 1 is 1.30 bits per heavy atom. The summed E-state index contributed by atoms with van der Waals surface area (Å²) < 4.78 is 1.89. The van der Waals surface area contributed by atoms with Crippen LogP contribution in [-0.2, 0) is 13.1 Å². The Hall–Kier alpha value is -1.79. The number of aromatic nitrogens is 4. The normalized spacial score (nSPS) is 15.5. The first-order valence-electron chi connectivity index (χ1n) is 7.10. The maximum Gasteiger partial charge on any atom is 0.165 e. The molecule has 20 heavy (non-hydrogen) atoms. The van der Waals surface area contributed by atoms with E-state index in [1.807, 2.05) is 22.9 Å². The van der Waals surface area contributed by atoms with Gasteiger partial charge in [-0.2, -0.15) is 0 Å². The highest BCUT2D eigenvalue weighted by molar-refractivity contribution is 5.14. The summed E-state index contributed by atoms with van der Waals surface area (Å²) >= 11 is 0. The van der Waals surface area contributed by atoms with Crippen LogP contribution in [-0.4, -0.2) is 50.8 Å². The quantitative estimate of drug-likeness (QED) is 0.830. The zero-order chi connectivity index (χ0) is 13.8. The monoisotopic (exact) mass is 272 g/mol. The van der Waals surface area contributed by atoms with Crippen molar-refractivity contribution in [2.45, 2.75) is 26.1 Å². The van der Waals surface area contributed by atoms with Gasteiger partial charge in [0.1, 0.15) is 0 Å². The summed E-state index contributed by atoms with van der Waals surface area (Å²) in [6.07, 6.45) is 0. The molecule has 1 aromatic carbocycles. The number of rotatable bonds is 6. The van der Waals surface area contributed by atoms with E-state index in [-0.39, 0.29) is 0 Å². The molecule has 1 N–H and O–H groups in total. The topological polar surface area (TPSA) is 58.9 Å². The Morgan fingerprint density at radius 3 is 2.75 bits per heavy atom. The van der Waals surface area contributed by atoms with E-state index >= 15 is 0 Å². The van der Waals surface area contributed by atoms with E-state index < -0.39 is 0 Å². The average molecular weight is 272 g/mol. The van der Waals surface area contributed by atoms with Gasteiger partial charge in [0.15, 0.2) is 5.82 Å². The summed E-state index contributed by atoms with van der Waals surface area (Å²) in [7, 11) is 0. The molecule has 0 atom stereocenters. The molecule has 0 spiro atoms. The lowest BCUT2D eigenvalue weighted by atomic mass is 10.1. The fourth-order valence-electron chi connectivity index (χ4n) is 2.43. The zero-order valence-corrected chi connectivity index (χ0v) is 11.7. The number of hydrogen-bond acceptors (Lipinski definition) is 5. The van der Waals surface area contributed by atoms with Gasteiger partial charge in [-0.05, 0) is 22.5 Å². The summed E-state index contributed by atoms with van der Waals surface area (Å²) in [4.78, 5) is 2.42. The summed E-state index contributed by atoms with van der Waals surface area (Å²) in [5.74, 6) is 0.933. The van der Waals surface area contributed by atoms with Crippen molar-refractivity contribution < 1.29 is 0 Å². The van der Waals surface area contributed by atoms with Crippen LogP contribution in [0.4, 0.5) is 0 Å². The molecule has 6 nitrogen and oxygen atoms in total. The van der Waals surface area contributed by atoms with Crippen LogP contribution in [0.2, 0.25) is 0 Å². The third-order valence-corrected chi connectivity index (χ3v) is 3.81. The van der Waals surface area contributed by atoms with Crippen LogP contribution in [0.1, 0.15) is 18.3 Å². The van der Waals surface area contributed by atoms with Crippen LogP contribution in [0, 0.1) is 0 Å². The Kier molecular flexibility index (Phi) is 4.03. The van der Waals surface area contributed by atoms with Crippen molar-refractivity contribution in [2.24, 2.45) is 0 Å². The first-order chi connectivity index (χ1) is 9.86. The minimum absolute atomic E-state index is 0.613. The highest BCUT2D eigenvalue weighted by atomic mass is 15.5. The lowest BCUT2D eigenvalue weighted by Crippen LogP contribution is -2.56. The average Bonchev–Trinajstić information content (AvgIpc) is 2.84. The fraction of sp³-hybridized carbons (Fsp3) is 0.500. The van der Waals surface area contributed by atoms with E-state index in [2.05, 4.69) is 44.8 Å². The number of nitrogens with zero attached hydrogens (tertiary/aromatic N) is 5. The maximum absolute atomic E-state index is 4.18. The van der Waals surface area contributed by atoms with Crippen molar-refractivity contribution in [3.05, 3.63) is 41.7 Å². The van der Waals surface area contributed by atoms with Crippen molar-refractivity contribution in [3.63, 3.8) is 0 Å². The largest absolute Gasteiger partial charge is 0.314 e. The second-order valence-electron chi connectivity index (χ2n) is 5.11. The van der Waals surface area contributed by atoms with Crippen molar-refractivity contribution in [2.75, 3.05) is 19.6 Å². The molecule has 2 aromatic rings. The zero-order valence-electron chi connectivity index (χ0n) is 11.7. The lowest BCUT2D eigenvalue weighted by molar-refractivity contribution is 0.140. The van der Waals surface area contributed by atoms with Gasteiger partial charge in [-0.15, -0.1) is 5.10 Å². The third-order valence-electron chi connectivity index (χ3n) is 3.81. The van der Waals surface area contributed by atoms with Crippen LogP contribution in [0.3, 0.4) is 0 Å². The molecule has 0 unspecified atom stereocenters. The van der Waals surface area contributed by atoms with Crippen LogP contribution in [0.25, 0.3) is 0 Å². The van der Waals surface area contributed by atoms with Gasteiger partial charge in [-0.25, -0.2) is 4.68 Å². The third kappa shape index (κ3) is 2.86. The highest BCUT2D eigenvalue weighted by Gasteiger charge is 2.24. The first-order valence-corrected chi connectivity index (χ1v) is 7.10. The van der Waals surface area contributed by atoms with Gasteiger partial charge in [0.05, 0.1) is 13.1 Å². The summed E-state index contributed by atoms with van der Waals surface area (Å²) in [6, 6.07) is 10.9. The summed E-state index contributed by atoms with van der Waals surface area (Å²) in [5, 5.41) is 15.4. The number of tetrazole rings is 1. The fourth-order valence-corrected chi connectivity index (χ4v) is 2.43. The molecule has 0 amide bonds. The van der Waals surface area contributed by atoms with Gasteiger partial charge in [0.2, 0.25) is 0 Å². The standard InChI is InChI=1S/C14H20N6/c1-2-19(13-8-15-9-13)11-14-16-17-18-20(14)10-12-6-4-3-5-7-12/h3-7,13,15H,2,8-11H2,1H3. The summed E-state index contributed by atoms with van der Waals surface area (Å²) in [5.41, 5.74) is 1.22. The minimum atomic E-state index is 0.613. The van der Waals surface area contributed by atoms with E-state index in [1.54, 1.807) is 0 Å². The Labute approximate surface area is 118 Å². The molecule has 0 bridgehead atoms. The molecule has 2 heterocycles. The maximum atomic E-state index is 4.18. The number of benzene rings is 1. The summed E-state index contributed by atoms with van der Waals surface area (Å²) in [6.45, 7) is 6.86. The van der Waals surface area contributed by atoms with E-state index in [0.29, 0.717) is 6.04 Å². The Balaban J connectivity index is 1.69. The minimum Gasteiger partial charge on any atom is -0.314 e. The Morgan fingerprint density at radius 2 is 2.10 bits per heavy atom. The van der Waals surface area contributed by atoms with E-state index in [4.69, 9.17) is 0 Å². The molecule has 1 aliphatic heterocycles. The molecule has 1 fully saturated rings. The smallest absolute Gasteiger partial charge is 0.165 e.